The molecule has 0 aliphatic heterocycles. The number of anilines is 1. The average molecular weight is 392 g/mol. The average Bonchev–Trinajstić information content (AvgIpc) is 3.20. The number of nitrogens with zero attached hydrogens (tertiary/aromatic N) is 2. The van der Waals surface area contributed by atoms with Crippen LogP contribution in [0.25, 0.3) is 11.3 Å². The SMILES string of the molecule is CSc1ccc(-c2csc(NC(=O)CCn3c(C)csc3=O)n2)cc1. The molecule has 8 heteroatoms. The van der Waals surface area contributed by atoms with Gasteiger partial charge in [-0.05, 0) is 25.3 Å². The maximum absolute atomic E-state index is 12.1. The number of rotatable bonds is 6. The lowest BCUT2D eigenvalue weighted by molar-refractivity contribution is -0.116. The van der Waals surface area contributed by atoms with E-state index in [1.54, 1.807) is 21.7 Å². The summed E-state index contributed by atoms with van der Waals surface area (Å²) in [5.41, 5.74) is 2.75. The van der Waals surface area contributed by atoms with Gasteiger partial charge in [0.1, 0.15) is 0 Å². The third-order valence-electron chi connectivity index (χ3n) is 3.68. The fourth-order valence-electron chi connectivity index (χ4n) is 2.30. The molecule has 0 bridgehead atoms. The molecule has 0 atom stereocenters. The van der Waals surface area contributed by atoms with Gasteiger partial charge in [-0.3, -0.25) is 9.59 Å². The minimum Gasteiger partial charge on any atom is -0.303 e. The number of hydrogen-bond acceptors (Lipinski definition) is 6. The summed E-state index contributed by atoms with van der Waals surface area (Å²) in [4.78, 5) is 29.4. The molecule has 0 unspecified atom stereocenters. The largest absolute Gasteiger partial charge is 0.307 e. The van der Waals surface area contributed by atoms with Gasteiger partial charge in [0, 0.05) is 39.9 Å². The van der Waals surface area contributed by atoms with Gasteiger partial charge in [0.25, 0.3) is 0 Å². The highest BCUT2D eigenvalue weighted by Crippen LogP contribution is 2.26. The van der Waals surface area contributed by atoms with Crippen molar-refractivity contribution in [1.82, 2.24) is 9.55 Å². The second-order valence-corrected chi connectivity index (χ2v) is 7.92. The van der Waals surface area contributed by atoms with Gasteiger partial charge >= 0.3 is 4.87 Å². The van der Waals surface area contributed by atoms with Crippen LogP contribution in [0.2, 0.25) is 0 Å². The van der Waals surface area contributed by atoms with Crippen LogP contribution in [0, 0.1) is 6.92 Å². The predicted molar refractivity (Wildman–Crippen MR) is 106 cm³/mol. The summed E-state index contributed by atoms with van der Waals surface area (Å²) in [5, 5.41) is 7.11. The summed E-state index contributed by atoms with van der Waals surface area (Å²) >= 11 is 4.25. The Morgan fingerprint density at radius 2 is 2.00 bits per heavy atom. The second kappa shape index (κ2) is 7.99. The first-order valence-corrected chi connectivity index (χ1v) is 10.6. The van der Waals surface area contributed by atoms with Crippen molar-refractivity contribution in [2.75, 3.05) is 11.6 Å². The topological polar surface area (TPSA) is 64.0 Å². The summed E-state index contributed by atoms with van der Waals surface area (Å²) in [6.07, 6.45) is 2.28. The molecule has 0 aliphatic rings. The highest BCUT2D eigenvalue weighted by molar-refractivity contribution is 7.98. The third-order valence-corrected chi connectivity index (χ3v) is 6.06. The second-order valence-electron chi connectivity index (χ2n) is 5.36. The third kappa shape index (κ3) is 4.39. The lowest BCUT2D eigenvalue weighted by atomic mass is 10.2. The van der Waals surface area contributed by atoms with Gasteiger partial charge in [-0.2, -0.15) is 0 Å². The number of carbonyl (C=O) groups excluding carboxylic acids is 1. The molecule has 1 aromatic carbocycles. The van der Waals surface area contributed by atoms with E-state index in [0.717, 1.165) is 28.3 Å². The van der Waals surface area contributed by atoms with E-state index in [0.29, 0.717) is 11.7 Å². The normalized spacial score (nSPS) is 10.8. The van der Waals surface area contributed by atoms with E-state index in [2.05, 4.69) is 22.4 Å². The molecule has 1 N–H and O–H groups in total. The molecular formula is C17H17N3O2S3. The molecule has 3 rings (SSSR count). The van der Waals surface area contributed by atoms with Gasteiger partial charge in [0.2, 0.25) is 5.91 Å². The van der Waals surface area contributed by atoms with Crippen molar-refractivity contribution in [2.24, 2.45) is 0 Å². The Morgan fingerprint density at radius 3 is 2.64 bits per heavy atom. The molecule has 130 valence electrons. The predicted octanol–water partition coefficient (Wildman–Crippen LogP) is 4.09. The van der Waals surface area contributed by atoms with Crippen LogP contribution in [0.15, 0.2) is 44.7 Å². The van der Waals surface area contributed by atoms with Crippen LogP contribution < -0.4 is 10.2 Å². The molecule has 0 saturated heterocycles. The number of thioether (sulfide) groups is 1. The molecule has 0 saturated carbocycles. The summed E-state index contributed by atoms with van der Waals surface area (Å²) in [6.45, 7) is 2.25. The summed E-state index contributed by atoms with van der Waals surface area (Å²) < 4.78 is 1.62. The van der Waals surface area contributed by atoms with Gasteiger partial charge in [0.15, 0.2) is 5.13 Å². The van der Waals surface area contributed by atoms with E-state index in [1.807, 2.05) is 30.7 Å². The van der Waals surface area contributed by atoms with Crippen molar-refractivity contribution in [3.05, 3.63) is 50.4 Å². The molecule has 1 amide bonds. The van der Waals surface area contributed by atoms with Gasteiger partial charge in [-0.25, -0.2) is 4.98 Å². The molecule has 5 nitrogen and oxygen atoms in total. The molecule has 3 aromatic rings. The first-order chi connectivity index (χ1) is 12.1. The lowest BCUT2D eigenvalue weighted by Gasteiger charge is -2.04. The van der Waals surface area contributed by atoms with Gasteiger partial charge < -0.3 is 9.88 Å². The summed E-state index contributed by atoms with van der Waals surface area (Å²) in [5.74, 6) is -0.142. The molecule has 0 fully saturated rings. The van der Waals surface area contributed by atoms with Crippen LogP contribution in [0.5, 0.6) is 0 Å². The fraction of sp³-hybridized carbons (Fsp3) is 0.235. The Balaban J connectivity index is 1.60. The number of hydrogen-bond donors (Lipinski definition) is 1. The van der Waals surface area contributed by atoms with E-state index in [1.165, 1.54) is 16.2 Å². The van der Waals surface area contributed by atoms with E-state index in [4.69, 9.17) is 0 Å². The molecule has 2 heterocycles. The zero-order valence-electron chi connectivity index (χ0n) is 13.8. The van der Waals surface area contributed by atoms with Crippen LogP contribution in [-0.4, -0.2) is 21.7 Å². The zero-order valence-corrected chi connectivity index (χ0v) is 16.3. The van der Waals surface area contributed by atoms with E-state index >= 15 is 0 Å². The quantitative estimate of drug-likeness (QED) is 0.643. The standard InChI is InChI=1S/C17H17N3O2S3/c1-11-9-25-17(22)20(11)8-7-15(21)19-16-18-14(10-24-16)12-3-5-13(23-2)6-4-12/h3-6,9-10H,7-8H2,1-2H3,(H,18,19,21). The van der Waals surface area contributed by atoms with Crippen molar-refractivity contribution < 1.29 is 4.79 Å². The van der Waals surface area contributed by atoms with Crippen molar-refractivity contribution in [3.63, 3.8) is 0 Å². The Kier molecular flexibility index (Phi) is 5.72. The number of amides is 1. The number of carbonyl (C=O) groups is 1. The monoisotopic (exact) mass is 391 g/mol. The van der Waals surface area contributed by atoms with Gasteiger partial charge in [-0.1, -0.05) is 23.5 Å². The first-order valence-electron chi connectivity index (χ1n) is 7.61. The maximum Gasteiger partial charge on any atom is 0.307 e. The molecular weight excluding hydrogens is 374 g/mol. The van der Waals surface area contributed by atoms with Crippen molar-refractivity contribution in [2.45, 2.75) is 24.8 Å². The van der Waals surface area contributed by atoms with Crippen LogP contribution in [-0.2, 0) is 11.3 Å². The van der Waals surface area contributed by atoms with Crippen LogP contribution in [0.4, 0.5) is 5.13 Å². The zero-order chi connectivity index (χ0) is 17.8. The number of benzene rings is 1. The fourth-order valence-corrected chi connectivity index (χ4v) is 4.20. The minimum absolute atomic E-state index is 0.0319. The number of aromatic nitrogens is 2. The summed E-state index contributed by atoms with van der Waals surface area (Å²) in [7, 11) is 0. The van der Waals surface area contributed by atoms with E-state index in [9.17, 15) is 9.59 Å². The van der Waals surface area contributed by atoms with Crippen LogP contribution >= 0.6 is 34.4 Å². The Morgan fingerprint density at radius 1 is 1.24 bits per heavy atom. The van der Waals surface area contributed by atoms with Crippen molar-refractivity contribution in [3.8, 4) is 11.3 Å². The number of thiazole rings is 2. The van der Waals surface area contributed by atoms with E-state index in [-0.39, 0.29) is 17.2 Å². The maximum atomic E-state index is 12.1. The highest BCUT2D eigenvalue weighted by atomic mass is 32.2. The van der Waals surface area contributed by atoms with Crippen LogP contribution in [0.1, 0.15) is 12.1 Å². The number of nitrogens with one attached hydrogen (secondary N) is 1. The molecule has 25 heavy (non-hydrogen) atoms. The Labute approximate surface area is 157 Å². The number of aryl methyl sites for hydroxylation is 1. The minimum atomic E-state index is -0.142. The Bertz CT molecular complexity index is 925. The van der Waals surface area contributed by atoms with Crippen molar-refractivity contribution >= 4 is 45.5 Å². The molecule has 0 aliphatic carbocycles. The molecule has 0 spiro atoms. The molecule has 0 radical (unpaired) electrons. The van der Waals surface area contributed by atoms with Gasteiger partial charge in [-0.15, -0.1) is 23.1 Å². The molecule has 2 aromatic heterocycles. The summed E-state index contributed by atoms with van der Waals surface area (Å²) in [6, 6.07) is 8.16. The van der Waals surface area contributed by atoms with E-state index < -0.39 is 0 Å². The lowest BCUT2D eigenvalue weighted by Crippen LogP contribution is -2.20. The first kappa shape index (κ1) is 17.9. The highest BCUT2D eigenvalue weighted by Gasteiger charge is 2.10. The Hall–Kier alpha value is -1.90. The van der Waals surface area contributed by atoms with Gasteiger partial charge in [0.05, 0.1) is 5.69 Å². The van der Waals surface area contributed by atoms with Crippen LogP contribution in [0.3, 0.4) is 0 Å². The smallest absolute Gasteiger partial charge is 0.303 e. The van der Waals surface area contributed by atoms with Crippen molar-refractivity contribution in [1.29, 1.82) is 0 Å².